The first kappa shape index (κ1) is 15.5. The van der Waals surface area contributed by atoms with Crippen LogP contribution in [-0.4, -0.2) is 14.7 Å². The van der Waals surface area contributed by atoms with Crippen LogP contribution in [0.4, 0.5) is 0 Å². The third-order valence-electron chi connectivity index (χ3n) is 2.83. The summed E-state index contributed by atoms with van der Waals surface area (Å²) in [7, 11) is -3.21. The highest BCUT2D eigenvalue weighted by Gasteiger charge is 2.18. The first-order valence-corrected chi connectivity index (χ1v) is 8.42. The molecule has 1 aromatic rings. The lowest BCUT2D eigenvalue weighted by Gasteiger charge is -2.16. The van der Waals surface area contributed by atoms with Gasteiger partial charge in [-0.05, 0) is 41.5 Å². The Morgan fingerprint density at radius 1 is 1.17 bits per heavy atom. The number of sulfone groups is 1. The SMILES string of the molecule is CC(C)Cc1cc(S(C)(=O)=O)c(C(C)C)cc1Cl. The Morgan fingerprint density at radius 2 is 1.72 bits per heavy atom. The van der Waals surface area contributed by atoms with E-state index in [0.29, 0.717) is 15.8 Å². The second kappa shape index (κ2) is 5.62. The number of benzene rings is 1. The van der Waals surface area contributed by atoms with Crippen molar-refractivity contribution in [1.82, 2.24) is 0 Å². The first-order valence-electron chi connectivity index (χ1n) is 6.15. The standard InChI is InChI=1S/C14H21ClO2S/c1-9(2)6-11-7-14(18(5,16)17)12(10(3)4)8-13(11)15/h7-10H,6H2,1-5H3. The summed E-state index contributed by atoms with van der Waals surface area (Å²) in [5, 5.41) is 0.666. The Balaban J connectivity index is 3.46. The fraction of sp³-hybridized carbons (Fsp3) is 0.571. The van der Waals surface area contributed by atoms with E-state index in [0.717, 1.165) is 17.5 Å². The Morgan fingerprint density at radius 3 is 2.11 bits per heavy atom. The van der Waals surface area contributed by atoms with Crippen molar-refractivity contribution in [3.05, 3.63) is 28.3 Å². The van der Waals surface area contributed by atoms with E-state index in [4.69, 9.17) is 11.6 Å². The molecule has 1 rings (SSSR count). The van der Waals surface area contributed by atoms with Gasteiger partial charge in [-0.2, -0.15) is 0 Å². The molecule has 0 spiro atoms. The topological polar surface area (TPSA) is 34.1 Å². The Labute approximate surface area is 115 Å². The first-order chi connectivity index (χ1) is 8.12. The molecular formula is C14H21ClO2S. The van der Waals surface area contributed by atoms with E-state index >= 15 is 0 Å². The molecule has 0 saturated heterocycles. The van der Waals surface area contributed by atoms with Gasteiger partial charge in [0, 0.05) is 11.3 Å². The van der Waals surface area contributed by atoms with Crippen LogP contribution in [0, 0.1) is 5.92 Å². The van der Waals surface area contributed by atoms with Gasteiger partial charge in [0.25, 0.3) is 0 Å². The van der Waals surface area contributed by atoms with E-state index in [1.165, 1.54) is 6.26 Å². The summed E-state index contributed by atoms with van der Waals surface area (Å²) in [6.45, 7) is 8.13. The van der Waals surface area contributed by atoms with Gasteiger partial charge in [-0.1, -0.05) is 39.3 Å². The summed E-state index contributed by atoms with van der Waals surface area (Å²) in [6.07, 6.45) is 2.04. The molecule has 0 saturated carbocycles. The molecule has 0 aromatic heterocycles. The van der Waals surface area contributed by atoms with Crippen LogP contribution in [0.25, 0.3) is 0 Å². The molecule has 2 nitrogen and oxygen atoms in total. The predicted octanol–water partition coefficient (Wildman–Crippen LogP) is 4.07. The molecule has 1 aromatic carbocycles. The minimum atomic E-state index is -3.21. The summed E-state index contributed by atoms with van der Waals surface area (Å²) in [5.74, 6) is 0.583. The van der Waals surface area contributed by atoms with Gasteiger partial charge in [0.15, 0.2) is 9.84 Å². The van der Waals surface area contributed by atoms with Gasteiger partial charge < -0.3 is 0 Å². The molecule has 4 heteroatoms. The highest BCUT2D eigenvalue weighted by atomic mass is 35.5. The lowest BCUT2D eigenvalue weighted by molar-refractivity contribution is 0.598. The van der Waals surface area contributed by atoms with Gasteiger partial charge in [-0.25, -0.2) is 8.42 Å². The molecule has 0 heterocycles. The van der Waals surface area contributed by atoms with Crippen LogP contribution < -0.4 is 0 Å². The van der Waals surface area contributed by atoms with Crippen LogP contribution in [0.15, 0.2) is 17.0 Å². The fourth-order valence-corrected chi connectivity index (χ4v) is 3.31. The summed E-state index contributed by atoms with van der Waals surface area (Å²) in [5.41, 5.74) is 1.71. The molecule has 0 amide bonds. The Hall–Kier alpha value is -0.540. The van der Waals surface area contributed by atoms with Crippen LogP contribution in [0.5, 0.6) is 0 Å². The van der Waals surface area contributed by atoms with Crippen molar-refractivity contribution in [2.45, 2.75) is 44.9 Å². The third kappa shape index (κ3) is 3.72. The van der Waals surface area contributed by atoms with Crippen LogP contribution >= 0.6 is 11.6 Å². The van der Waals surface area contributed by atoms with Crippen molar-refractivity contribution in [3.8, 4) is 0 Å². The summed E-state index contributed by atoms with van der Waals surface area (Å²) in [4.78, 5) is 0.414. The predicted molar refractivity (Wildman–Crippen MR) is 77.2 cm³/mol. The maximum absolute atomic E-state index is 11.9. The number of hydrogen-bond acceptors (Lipinski definition) is 2. The van der Waals surface area contributed by atoms with E-state index in [1.807, 2.05) is 13.8 Å². The quantitative estimate of drug-likeness (QED) is 0.837. The summed E-state index contributed by atoms with van der Waals surface area (Å²) in [6, 6.07) is 3.55. The molecule has 0 N–H and O–H groups in total. The van der Waals surface area contributed by atoms with E-state index in [1.54, 1.807) is 12.1 Å². The van der Waals surface area contributed by atoms with Crippen LogP contribution in [-0.2, 0) is 16.3 Å². The average Bonchev–Trinajstić information content (AvgIpc) is 2.17. The van der Waals surface area contributed by atoms with Gasteiger partial charge in [-0.15, -0.1) is 0 Å². The van der Waals surface area contributed by atoms with Crippen molar-refractivity contribution in [2.75, 3.05) is 6.26 Å². The number of hydrogen-bond donors (Lipinski definition) is 0. The largest absolute Gasteiger partial charge is 0.224 e. The van der Waals surface area contributed by atoms with E-state index in [-0.39, 0.29) is 5.92 Å². The number of rotatable bonds is 4. The Kier molecular flexibility index (Phi) is 4.84. The minimum absolute atomic E-state index is 0.139. The molecule has 0 unspecified atom stereocenters. The maximum atomic E-state index is 11.9. The molecule has 0 atom stereocenters. The monoisotopic (exact) mass is 288 g/mol. The Bertz CT molecular complexity index is 531. The highest BCUT2D eigenvalue weighted by Crippen LogP contribution is 2.31. The lowest BCUT2D eigenvalue weighted by Crippen LogP contribution is -2.07. The second-order valence-corrected chi connectivity index (χ2v) is 7.90. The molecule has 0 radical (unpaired) electrons. The van der Waals surface area contributed by atoms with Crippen molar-refractivity contribution >= 4 is 21.4 Å². The lowest BCUT2D eigenvalue weighted by atomic mass is 9.97. The van der Waals surface area contributed by atoms with Crippen molar-refractivity contribution in [3.63, 3.8) is 0 Å². The van der Waals surface area contributed by atoms with Gasteiger partial charge in [0.1, 0.15) is 0 Å². The van der Waals surface area contributed by atoms with Crippen LogP contribution in [0.3, 0.4) is 0 Å². The van der Waals surface area contributed by atoms with Gasteiger partial charge in [0.05, 0.1) is 4.90 Å². The van der Waals surface area contributed by atoms with E-state index in [2.05, 4.69) is 13.8 Å². The molecule has 102 valence electrons. The highest BCUT2D eigenvalue weighted by molar-refractivity contribution is 7.90. The zero-order chi connectivity index (χ0) is 14.1. The van der Waals surface area contributed by atoms with E-state index in [9.17, 15) is 8.42 Å². The molecule has 0 fully saturated rings. The molecule has 18 heavy (non-hydrogen) atoms. The minimum Gasteiger partial charge on any atom is -0.224 e. The molecule has 0 aliphatic carbocycles. The summed E-state index contributed by atoms with van der Waals surface area (Å²) >= 11 is 6.24. The van der Waals surface area contributed by atoms with Crippen molar-refractivity contribution < 1.29 is 8.42 Å². The van der Waals surface area contributed by atoms with Gasteiger partial charge in [0.2, 0.25) is 0 Å². The van der Waals surface area contributed by atoms with Crippen LogP contribution in [0.1, 0.15) is 44.7 Å². The molecule has 0 aliphatic heterocycles. The normalized spacial score (nSPS) is 12.4. The molecule has 0 aliphatic rings. The average molecular weight is 289 g/mol. The number of halogens is 1. The zero-order valence-electron chi connectivity index (χ0n) is 11.6. The smallest absolute Gasteiger partial charge is 0.175 e. The van der Waals surface area contributed by atoms with Gasteiger partial charge in [-0.3, -0.25) is 0 Å². The zero-order valence-corrected chi connectivity index (χ0v) is 13.2. The molecular weight excluding hydrogens is 268 g/mol. The van der Waals surface area contributed by atoms with Crippen molar-refractivity contribution in [1.29, 1.82) is 0 Å². The van der Waals surface area contributed by atoms with Crippen LogP contribution in [0.2, 0.25) is 5.02 Å². The second-order valence-electron chi connectivity index (χ2n) is 5.51. The molecule has 0 bridgehead atoms. The van der Waals surface area contributed by atoms with Gasteiger partial charge >= 0.3 is 0 Å². The third-order valence-corrected chi connectivity index (χ3v) is 4.33. The van der Waals surface area contributed by atoms with E-state index < -0.39 is 9.84 Å². The summed E-state index contributed by atoms with van der Waals surface area (Å²) < 4.78 is 23.7. The maximum Gasteiger partial charge on any atom is 0.175 e. The van der Waals surface area contributed by atoms with Crippen molar-refractivity contribution in [2.24, 2.45) is 5.92 Å². The fourth-order valence-electron chi connectivity index (χ4n) is 1.98.